The van der Waals surface area contributed by atoms with Crippen LogP contribution < -0.4 is 0 Å². The van der Waals surface area contributed by atoms with Crippen LogP contribution in [0.5, 0.6) is 0 Å². The van der Waals surface area contributed by atoms with E-state index in [1.165, 1.54) is 16.9 Å². The molecule has 0 aliphatic rings. The summed E-state index contributed by atoms with van der Waals surface area (Å²) < 4.78 is 6.66. The highest BCUT2D eigenvalue weighted by Crippen LogP contribution is 2.12. The van der Waals surface area contributed by atoms with E-state index in [2.05, 4.69) is 5.10 Å². The molecule has 0 radical (unpaired) electrons. The molecule has 0 amide bonds. The Morgan fingerprint density at radius 3 is 2.56 bits per heavy atom. The second kappa shape index (κ2) is 5.20. The zero-order valence-electron chi connectivity index (χ0n) is 11.0. The third kappa shape index (κ3) is 4.20. The van der Waals surface area contributed by atoms with E-state index < -0.39 is 11.6 Å². The number of rotatable bonds is 4. The van der Waals surface area contributed by atoms with Crippen molar-refractivity contribution < 1.29 is 19.4 Å². The van der Waals surface area contributed by atoms with Gasteiger partial charge in [0.25, 0.3) is 0 Å². The molecular weight excluding hydrogens is 236 g/mol. The lowest BCUT2D eigenvalue weighted by molar-refractivity contribution is -0.159. The van der Waals surface area contributed by atoms with Crippen LogP contribution in [0, 0.1) is 5.92 Å². The molecule has 1 N–H and O–H groups in total. The Hall–Kier alpha value is -1.85. The Balaban J connectivity index is 2.61. The van der Waals surface area contributed by atoms with Gasteiger partial charge in [-0.3, -0.25) is 9.48 Å². The minimum Gasteiger partial charge on any atom is -0.476 e. The molecule has 1 rings (SSSR count). The van der Waals surface area contributed by atoms with Gasteiger partial charge in [0.15, 0.2) is 5.69 Å². The molecule has 0 bridgehead atoms. The first-order valence-corrected chi connectivity index (χ1v) is 5.68. The van der Waals surface area contributed by atoms with Crippen molar-refractivity contribution in [2.75, 3.05) is 0 Å². The normalized spacial score (nSPS) is 13.1. The molecule has 18 heavy (non-hydrogen) atoms. The summed E-state index contributed by atoms with van der Waals surface area (Å²) in [7, 11) is 0. The van der Waals surface area contributed by atoms with E-state index in [0.717, 1.165) is 0 Å². The molecular formula is C12H18N2O4. The van der Waals surface area contributed by atoms with Crippen molar-refractivity contribution in [1.82, 2.24) is 9.78 Å². The monoisotopic (exact) mass is 254 g/mol. The van der Waals surface area contributed by atoms with E-state index >= 15 is 0 Å². The van der Waals surface area contributed by atoms with Gasteiger partial charge in [-0.1, -0.05) is 6.92 Å². The second-order valence-corrected chi connectivity index (χ2v) is 5.16. The summed E-state index contributed by atoms with van der Waals surface area (Å²) in [6.45, 7) is 7.41. The molecule has 6 heteroatoms. The molecule has 1 heterocycles. The number of carbonyl (C=O) groups excluding carboxylic acids is 1. The number of hydrogen-bond donors (Lipinski definition) is 1. The number of ether oxygens (including phenoxy) is 1. The maximum atomic E-state index is 11.7. The number of carbonyl (C=O) groups is 2. The Morgan fingerprint density at radius 1 is 1.50 bits per heavy atom. The summed E-state index contributed by atoms with van der Waals surface area (Å²) in [6.07, 6.45) is 1.53. The number of aromatic carboxylic acids is 1. The van der Waals surface area contributed by atoms with Crippen molar-refractivity contribution in [3.63, 3.8) is 0 Å². The molecule has 6 nitrogen and oxygen atoms in total. The number of carboxylic acids is 1. The minimum absolute atomic E-state index is 0.0358. The number of hydrogen-bond acceptors (Lipinski definition) is 4. The maximum Gasteiger partial charge on any atom is 0.356 e. The van der Waals surface area contributed by atoms with Gasteiger partial charge >= 0.3 is 11.9 Å². The van der Waals surface area contributed by atoms with Gasteiger partial charge in [-0.15, -0.1) is 0 Å². The molecule has 0 saturated heterocycles. The SMILES string of the molecule is CC(Cn1ccc(C(=O)O)n1)C(=O)OC(C)(C)C. The summed E-state index contributed by atoms with van der Waals surface area (Å²) >= 11 is 0. The van der Waals surface area contributed by atoms with Crippen LogP contribution in [0.15, 0.2) is 12.3 Å². The average molecular weight is 254 g/mol. The fraction of sp³-hybridized carbons (Fsp3) is 0.583. The highest BCUT2D eigenvalue weighted by molar-refractivity contribution is 5.85. The van der Waals surface area contributed by atoms with Crippen molar-refractivity contribution in [3.8, 4) is 0 Å². The molecule has 1 aromatic rings. The lowest BCUT2D eigenvalue weighted by Gasteiger charge is -2.22. The first kappa shape index (κ1) is 14.2. The van der Waals surface area contributed by atoms with E-state index in [4.69, 9.17) is 9.84 Å². The Labute approximate surface area is 106 Å². The van der Waals surface area contributed by atoms with Gasteiger partial charge in [-0.2, -0.15) is 5.10 Å². The topological polar surface area (TPSA) is 81.4 Å². The van der Waals surface area contributed by atoms with Crippen LogP contribution >= 0.6 is 0 Å². The molecule has 0 fully saturated rings. The molecule has 0 aromatic carbocycles. The summed E-state index contributed by atoms with van der Waals surface area (Å²) in [6, 6.07) is 1.39. The zero-order valence-corrected chi connectivity index (χ0v) is 11.0. The Bertz CT molecular complexity index is 445. The van der Waals surface area contributed by atoms with Gasteiger partial charge in [0.2, 0.25) is 0 Å². The van der Waals surface area contributed by atoms with Gasteiger partial charge in [0.1, 0.15) is 5.60 Å². The van der Waals surface area contributed by atoms with E-state index in [0.29, 0.717) is 6.54 Å². The second-order valence-electron chi connectivity index (χ2n) is 5.16. The molecule has 0 spiro atoms. The van der Waals surface area contributed by atoms with Crippen molar-refractivity contribution >= 4 is 11.9 Å². The van der Waals surface area contributed by atoms with Crippen LogP contribution in [-0.2, 0) is 16.1 Å². The van der Waals surface area contributed by atoms with Crippen molar-refractivity contribution in [3.05, 3.63) is 18.0 Å². The number of nitrogens with zero attached hydrogens (tertiary/aromatic N) is 2. The molecule has 0 aliphatic carbocycles. The lowest BCUT2D eigenvalue weighted by Crippen LogP contribution is -2.29. The van der Waals surface area contributed by atoms with Crippen LogP contribution in [0.2, 0.25) is 0 Å². The van der Waals surface area contributed by atoms with E-state index in [1.54, 1.807) is 27.7 Å². The van der Waals surface area contributed by atoms with Crippen LogP contribution in [-0.4, -0.2) is 32.4 Å². The summed E-state index contributed by atoms with van der Waals surface area (Å²) in [5, 5.41) is 12.6. The van der Waals surface area contributed by atoms with Crippen LogP contribution in [0.1, 0.15) is 38.2 Å². The highest BCUT2D eigenvalue weighted by Gasteiger charge is 2.22. The number of carboxylic acid groups (broad SMARTS) is 1. The maximum absolute atomic E-state index is 11.7. The fourth-order valence-corrected chi connectivity index (χ4v) is 1.33. The third-order valence-electron chi connectivity index (χ3n) is 2.13. The largest absolute Gasteiger partial charge is 0.476 e. The van der Waals surface area contributed by atoms with Crippen molar-refractivity contribution in [2.45, 2.75) is 39.8 Å². The lowest BCUT2D eigenvalue weighted by atomic mass is 10.1. The van der Waals surface area contributed by atoms with Crippen molar-refractivity contribution in [2.24, 2.45) is 5.92 Å². The van der Waals surface area contributed by atoms with E-state index in [1.807, 2.05) is 0 Å². The van der Waals surface area contributed by atoms with Gasteiger partial charge in [-0.05, 0) is 26.8 Å². The van der Waals surface area contributed by atoms with Crippen LogP contribution in [0.4, 0.5) is 0 Å². The van der Waals surface area contributed by atoms with Gasteiger partial charge < -0.3 is 9.84 Å². The van der Waals surface area contributed by atoms with E-state index in [9.17, 15) is 9.59 Å². The first-order chi connectivity index (χ1) is 8.19. The highest BCUT2D eigenvalue weighted by atomic mass is 16.6. The molecule has 1 atom stereocenters. The molecule has 0 aliphatic heterocycles. The zero-order chi connectivity index (χ0) is 13.9. The molecule has 1 aromatic heterocycles. The standard InChI is InChI=1S/C12H18N2O4/c1-8(11(17)18-12(2,3)4)7-14-6-5-9(13-14)10(15)16/h5-6,8H,7H2,1-4H3,(H,15,16). The fourth-order valence-electron chi connectivity index (χ4n) is 1.33. The quantitative estimate of drug-likeness (QED) is 0.824. The number of aromatic nitrogens is 2. The van der Waals surface area contributed by atoms with Crippen molar-refractivity contribution in [1.29, 1.82) is 0 Å². The molecule has 1 unspecified atom stereocenters. The minimum atomic E-state index is -1.08. The van der Waals surface area contributed by atoms with Crippen LogP contribution in [0.3, 0.4) is 0 Å². The van der Waals surface area contributed by atoms with Gasteiger partial charge in [0.05, 0.1) is 12.5 Å². The van der Waals surface area contributed by atoms with Crippen LogP contribution in [0.25, 0.3) is 0 Å². The Kier molecular flexibility index (Phi) is 4.11. The summed E-state index contributed by atoms with van der Waals surface area (Å²) in [5.74, 6) is -1.79. The third-order valence-corrected chi connectivity index (χ3v) is 2.13. The summed E-state index contributed by atoms with van der Waals surface area (Å²) in [5.41, 5.74) is -0.562. The average Bonchev–Trinajstić information content (AvgIpc) is 2.63. The van der Waals surface area contributed by atoms with E-state index in [-0.39, 0.29) is 17.6 Å². The first-order valence-electron chi connectivity index (χ1n) is 5.68. The smallest absolute Gasteiger partial charge is 0.356 e. The predicted molar refractivity (Wildman–Crippen MR) is 64.2 cm³/mol. The Morgan fingerprint density at radius 2 is 2.11 bits per heavy atom. The summed E-state index contributed by atoms with van der Waals surface area (Å²) in [4.78, 5) is 22.4. The van der Waals surface area contributed by atoms with Gasteiger partial charge in [-0.25, -0.2) is 4.79 Å². The molecule has 0 saturated carbocycles. The van der Waals surface area contributed by atoms with Gasteiger partial charge in [0, 0.05) is 6.20 Å². The number of esters is 1. The predicted octanol–water partition coefficient (Wildman–Crippen LogP) is 1.56. The molecule has 100 valence electrons.